The zero-order valence-electron chi connectivity index (χ0n) is 10.6. The summed E-state index contributed by atoms with van der Waals surface area (Å²) in [5, 5.41) is 3.79. The zero-order chi connectivity index (χ0) is 12.1. The van der Waals surface area contributed by atoms with Gasteiger partial charge >= 0.3 is 0 Å². The third-order valence-corrected chi connectivity index (χ3v) is 4.53. The van der Waals surface area contributed by atoms with Crippen LogP contribution < -0.4 is 5.32 Å². The lowest BCUT2D eigenvalue weighted by Gasteiger charge is -2.31. The number of hydrogen-bond acceptors (Lipinski definition) is 2. The highest BCUT2D eigenvalue weighted by Crippen LogP contribution is 2.40. The van der Waals surface area contributed by atoms with Gasteiger partial charge in [-0.2, -0.15) is 0 Å². The molecule has 4 rings (SSSR count). The van der Waals surface area contributed by atoms with Crippen LogP contribution >= 0.6 is 0 Å². The van der Waals surface area contributed by atoms with Crippen LogP contribution in [0, 0.1) is 11.8 Å². The van der Waals surface area contributed by atoms with Crippen LogP contribution in [0.3, 0.4) is 0 Å². The van der Waals surface area contributed by atoms with Crippen molar-refractivity contribution in [2.45, 2.75) is 12.1 Å². The highest BCUT2D eigenvalue weighted by Gasteiger charge is 2.42. The first kappa shape index (κ1) is 10.4. The van der Waals surface area contributed by atoms with E-state index in [2.05, 4.69) is 66.0 Å². The molecule has 0 amide bonds. The quantitative estimate of drug-likeness (QED) is 0.694. The summed E-state index contributed by atoms with van der Waals surface area (Å²) >= 11 is 0. The van der Waals surface area contributed by atoms with Crippen LogP contribution in [-0.2, 0) is 0 Å². The Hall–Kier alpha value is -1.54. The van der Waals surface area contributed by atoms with Crippen LogP contribution in [0.4, 0.5) is 0 Å². The second-order valence-corrected chi connectivity index (χ2v) is 5.67. The van der Waals surface area contributed by atoms with Crippen molar-refractivity contribution in [1.82, 2.24) is 10.2 Å². The van der Waals surface area contributed by atoms with Gasteiger partial charge in [0.05, 0.1) is 0 Å². The first-order valence-corrected chi connectivity index (χ1v) is 6.74. The van der Waals surface area contributed by atoms with Crippen LogP contribution in [0.25, 0.3) is 0 Å². The van der Waals surface area contributed by atoms with Gasteiger partial charge in [-0.05, 0) is 23.4 Å². The van der Waals surface area contributed by atoms with Gasteiger partial charge in [0.1, 0.15) is 0 Å². The summed E-state index contributed by atoms with van der Waals surface area (Å²) in [6.45, 7) is 1.04. The predicted molar refractivity (Wildman–Crippen MR) is 73.9 cm³/mol. The van der Waals surface area contributed by atoms with Crippen molar-refractivity contribution in [3.63, 3.8) is 0 Å². The van der Waals surface area contributed by atoms with Gasteiger partial charge in [0, 0.05) is 37.5 Å². The van der Waals surface area contributed by atoms with Crippen molar-refractivity contribution in [2.75, 3.05) is 13.6 Å². The molecule has 0 saturated carbocycles. The van der Waals surface area contributed by atoms with Crippen molar-refractivity contribution < 1.29 is 0 Å². The number of likely N-dealkylation sites (N-methyl/N-ethyl adjacent to an activating group) is 1. The lowest BCUT2D eigenvalue weighted by Crippen LogP contribution is -2.36. The molecule has 2 aliphatic heterocycles. The molecule has 1 saturated heterocycles. The van der Waals surface area contributed by atoms with Crippen molar-refractivity contribution in [2.24, 2.45) is 11.8 Å². The summed E-state index contributed by atoms with van der Waals surface area (Å²) in [5.41, 5.74) is 2.97. The molecule has 2 nitrogen and oxygen atoms in total. The van der Waals surface area contributed by atoms with E-state index in [-0.39, 0.29) is 0 Å². The molecule has 1 fully saturated rings. The van der Waals surface area contributed by atoms with Crippen molar-refractivity contribution in [1.29, 1.82) is 0 Å². The number of fused-ring (bicyclic) bond motifs is 4. The smallest absolute Gasteiger partial charge is 0.0423 e. The first-order chi connectivity index (χ1) is 8.83. The van der Waals surface area contributed by atoms with E-state index in [1.807, 2.05) is 0 Å². The lowest BCUT2D eigenvalue weighted by atomic mass is 9.78. The summed E-state index contributed by atoms with van der Waals surface area (Å²) in [6.07, 6.45) is 18.3. The largest absolute Gasteiger partial charge is 0.376 e. The summed E-state index contributed by atoms with van der Waals surface area (Å²) < 4.78 is 0. The molecule has 1 N–H and O–H groups in total. The van der Waals surface area contributed by atoms with Gasteiger partial charge in [0.15, 0.2) is 0 Å². The van der Waals surface area contributed by atoms with E-state index in [9.17, 15) is 0 Å². The van der Waals surface area contributed by atoms with E-state index in [1.165, 1.54) is 11.1 Å². The van der Waals surface area contributed by atoms with Gasteiger partial charge in [-0.25, -0.2) is 0 Å². The topological polar surface area (TPSA) is 15.3 Å². The molecule has 92 valence electrons. The third kappa shape index (κ3) is 1.39. The van der Waals surface area contributed by atoms with E-state index in [1.54, 1.807) is 0 Å². The first-order valence-electron chi connectivity index (χ1n) is 6.74. The van der Waals surface area contributed by atoms with Gasteiger partial charge in [-0.15, -0.1) is 0 Å². The molecule has 4 atom stereocenters. The molecule has 4 unspecified atom stereocenters. The number of rotatable bonds is 0. The van der Waals surface area contributed by atoms with Crippen molar-refractivity contribution in [3.05, 3.63) is 59.9 Å². The van der Waals surface area contributed by atoms with Gasteiger partial charge in [0.25, 0.3) is 0 Å². The van der Waals surface area contributed by atoms with Crippen LogP contribution in [0.5, 0.6) is 0 Å². The molecular formula is C16H18N2. The molecule has 2 aliphatic carbocycles. The Morgan fingerprint density at radius 3 is 2.94 bits per heavy atom. The van der Waals surface area contributed by atoms with E-state index in [0.717, 1.165) is 6.54 Å². The lowest BCUT2D eigenvalue weighted by molar-refractivity contribution is 0.467. The minimum atomic E-state index is 0.498. The van der Waals surface area contributed by atoms with E-state index in [4.69, 9.17) is 0 Å². The average molecular weight is 238 g/mol. The molecular weight excluding hydrogens is 220 g/mol. The minimum absolute atomic E-state index is 0.498. The summed E-state index contributed by atoms with van der Waals surface area (Å²) in [5.74, 6) is 1.24. The average Bonchev–Trinajstić information content (AvgIpc) is 2.77. The fraction of sp³-hybridized carbons (Fsp3) is 0.375. The summed E-state index contributed by atoms with van der Waals surface area (Å²) in [4.78, 5) is 2.24. The van der Waals surface area contributed by atoms with Gasteiger partial charge in [-0.1, -0.05) is 36.5 Å². The Bertz CT molecular complexity index is 521. The number of allylic oxidation sites excluding steroid dienone is 2. The summed E-state index contributed by atoms with van der Waals surface area (Å²) in [7, 11) is 2.13. The molecule has 4 aliphatic rings. The van der Waals surface area contributed by atoms with Crippen molar-refractivity contribution >= 4 is 0 Å². The van der Waals surface area contributed by atoms with E-state index in [0.29, 0.717) is 23.9 Å². The Morgan fingerprint density at radius 2 is 2.00 bits per heavy atom. The fourth-order valence-corrected chi connectivity index (χ4v) is 3.64. The third-order valence-electron chi connectivity index (χ3n) is 4.53. The van der Waals surface area contributed by atoms with E-state index < -0.39 is 0 Å². The van der Waals surface area contributed by atoms with Crippen LogP contribution in [0.1, 0.15) is 0 Å². The molecule has 0 radical (unpaired) electrons. The molecule has 2 heteroatoms. The molecule has 2 heterocycles. The molecule has 0 bridgehead atoms. The highest BCUT2D eigenvalue weighted by atomic mass is 15.1. The Kier molecular flexibility index (Phi) is 2.15. The number of nitrogens with zero attached hydrogens (tertiary/aromatic N) is 1. The molecule has 0 aromatic carbocycles. The predicted octanol–water partition coefficient (Wildman–Crippen LogP) is 2.01. The molecule has 0 aromatic rings. The standard InChI is InChI=1S/C16H18N2/c1-18-9-8-12-11(10-18)6-7-14-13-4-2-3-5-15(13)17-16(12)14/h2-9,13-17H,10H2,1H3. The number of nitrogens with one attached hydrogen (secondary N) is 1. The van der Waals surface area contributed by atoms with Crippen LogP contribution in [-0.4, -0.2) is 30.6 Å². The Labute approximate surface area is 108 Å². The van der Waals surface area contributed by atoms with Gasteiger partial charge < -0.3 is 10.2 Å². The Morgan fingerprint density at radius 1 is 1.11 bits per heavy atom. The molecule has 0 aromatic heterocycles. The van der Waals surface area contributed by atoms with E-state index >= 15 is 0 Å². The maximum Gasteiger partial charge on any atom is 0.0423 e. The highest BCUT2D eigenvalue weighted by molar-refractivity contribution is 5.47. The monoisotopic (exact) mass is 238 g/mol. The second kappa shape index (κ2) is 3.72. The second-order valence-electron chi connectivity index (χ2n) is 5.67. The van der Waals surface area contributed by atoms with Gasteiger partial charge in [-0.3, -0.25) is 0 Å². The normalized spacial score (nSPS) is 39.9. The minimum Gasteiger partial charge on any atom is -0.376 e. The fourth-order valence-electron chi connectivity index (χ4n) is 3.64. The zero-order valence-corrected chi connectivity index (χ0v) is 10.6. The molecule has 18 heavy (non-hydrogen) atoms. The Balaban J connectivity index is 1.71. The summed E-state index contributed by atoms with van der Waals surface area (Å²) in [6, 6.07) is 1.01. The maximum absolute atomic E-state index is 3.79. The number of hydrogen-bond donors (Lipinski definition) is 1. The SMILES string of the molecule is CN1C=CC2=C(C=CC3C2NC2C=CC=CC23)C1. The van der Waals surface area contributed by atoms with Crippen LogP contribution in [0.15, 0.2) is 59.9 Å². The van der Waals surface area contributed by atoms with Crippen LogP contribution in [0.2, 0.25) is 0 Å². The molecule has 0 spiro atoms. The maximum atomic E-state index is 3.79. The van der Waals surface area contributed by atoms with Crippen molar-refractivity contribution in [3.8, 4) is 0 Å². The van der Waals surface area contributed by atoms with Gasteiger partial charge in [0.2, 0.25) is 0 Å².